The number of carboxylic acid groups (broad SMARTS) is 1. The molecule has 0 aromatic heterocycles. The van der Waals surface area contributed by atoms with Gasteiger partial charge in [-0.25, -0.2) is 9.79 Å². The highest BCUT2D eigenvalue weighted by Gasteiger charge is 2.32. The van der Waals surface area contributed by atoms with Gasteiger partial charge >= 0.3 is 5.97 Å². The van der Waals surface area contributed by atoms with Gasteiger partial charge in [0.05, 0.1) is 6.42 Å². The fraction of sp³-hybridized carbons (Fsp3) is 0.600. The van der Waals surface area contributed by atoms with Gasteiger partial charge in [0.25, 0.3) is 7.72 Å². The molecule has 6 heteroatoms. The number of aldehydes is 1. The van der Waals surface area contributed by atoms with Gasteiger partial charge in [-0.2, -0.15) is 0 Å². The Morgan fingerprint density at radius 3 is 2.36 bits per heavy atom. The molecule has 0 saturated carbocycles. The van der Waals surface area contributed by atoms with E-state index in [0.29, 0.717) is 6.29 Å². The Balaban J connectivity index is 3.71. The van der Waals surface area contributed by atoms with Gasteiger partial charge < -0.3 is 5.11 Å². The third-order valence-corrected chi connectivity index (χ3v) is 2.72. The highest BCUT2D eigenvalue weighted by Crippen LogP contribution is 2.49. The first-order chi connectivity index (χ1) is 4.98. The minimum absolute atomic E-state index is 0.221. The molecule has 0 spiro atoms. The van der Waals surface area contributed by atoms with Crippen molar-refractivity contribution in [2.75, 3.05) is 12.3 Å². The molecule has 0 amide bonds. The Labute approximate surface area is 64.2 Å². The van der Waals surface area contributed by atoms with Crippen molar-refractivity contribution >= 4 is 20.0 Å². The van der Waals surface area contributed by atoms with E-state index in [1.165, 1.54) is 0 Å². The highest BCUT2D eigenvalue weighted by molar-refractivity contribution is 7.65. The average Bonchev–Trinajstić information content (AvgIpc) is 1.84. The second-order valence-electron chi connectivity index (χ2n) is 2.10. The monoisotopic (exact) mass is 181 g/mol. The van der Waals surface area contributed by atoms with Gasteiger partial charge in [-0.15, -0.1) is 0 Å². The summed E-state index contributed by atoms with van der Waals surface area (Å²) in [6.07, 6.45) is -0.494. The lowest BCUT2D eigenvalue weighted by molar-refractivity contribution is -0.136. The zero-order valence-electron chi connectivity index (χ0n) is 5.80. The van der Waals surface area contributed by atoms with Gasteiger partial charge in [0, 0.05) is 0 Å². The third kappa shape index (κ3) is 5.91. The predicted molar refractivity (Wildman–Crippen MR) is 39.4 cm³/mol. The lowest BCUT2D eigenvalue weighted by Gasteiger charge is -2.06. The van der Waals surface area contributed by atoms with Crippen molar-refractivity contribution in [1.29, 1.82) is 0 Å². The van der Waals surface area contributed by atoms with Crippen molar-refractivity contribution in [3.8, 4) is 0 Å². The van der Waals surface area contributed by atoms with E-state index in [1.54, 1.807) is 0 Å². The smallest absolute Gasteiger partial charge is 0.307 e. The van der Waals surface area contributed by atoms with E-state index in [2.05, 4.69) is 0 Å². The Bertz CT molecular complexity index is 155. The summed E-state index contributed by atoms with van der Waals surface area (Å²) in [5, 5.41) is 8.15. The predicted octanol–water partition coefficient (Wildman–Crippen LogP) is -0.508. The van der Waals surface area contributed by atoms with Crippen molar-refractivity contribution in [3.63, 3.8) is 0 Å². The van der Waals surface area contributed by atoms with Crippen LogP contribution in [0.25, 0.3) is 0 Å². The number of hydrogen-bond acceptors (Lipinski definition) is 4. The van der Waals surface area contributed by atoms with Crippen molar-refractivity contribution < 1.29 is 24.5 Å². The SMILES string of the molecule is O=CC[P+](O)(O)CCC(=O)O. The quantitative estimate of drug-likeness (QED) is 0.392. The van der Waals surface area contributed by atoms with Crippen molar-refractivity contribution in [2.45, 2.75) is 6.42 Å². The van der Waals surface area contributed by atoms with Crippen molar-refractivity contribution in [3.05, 3.63) is 0 Å². The molecule has 0 aliphatic carbocycles. The number of hydrogen-bond donors (Lipinski definition) is 3. The molecule has 0 aromatic rings. The normalized spacial score (nSPS) is 11.1. The van der Waals surface area contributed by atoms with E-state index in [-0.39, 0.29) is 18.7 Å². The Kier molecular flexibility index (Phi) is 4.18. The first-order valence-electron chi connectivity index (χ1n) is 2.96. The summed E-state index contributed by atoms with van der Waals surface area (Å²) < 4.78 is 0. The summed E-state index contributed by atoms with van der Waals surface area (Å²) in [6, 6.07) is 0. The fourth-order valence-corrected chi connectivity index (χ4v) is 1.46. The summed E-state index contributed by atoms with van der Waals surface area (Å²) in [7, 11) is -3.25. The summed E-state index contributed by atoms with van der Waals surface area (Å²) in [5.74, 6) is -1.09. The summed E-state index contributed by atoms with van der Waals surface area (Å²) >= 11 is 0. The second-order valence-corrected chi connectivity index (χ2v) is 4.67. The van der Waals surface area contributed by atoms with Crippen LogP contribution in [0.1, 0.15) is 6.42 Å². The van der Waals surface area contributed by atoms with Crippen LogP contribution in [0.2, 0.25) is 0 Å². The molecule has 64 valence electrons. The van der Waals surface area contributed by atoms with Gasteiger partial charge in [0.2, 0.25) is 0 Å². The van der Waals surface area contributed by atoms with Gasteiger partial charge in [0.15, 0.2) is 12.4 Å². The van der Waals surface area contributed by atoms with Crippen LogP contribution in [-0.4, -0.2) is 39.5 Å². The molecular formula is C5H10O5P+. The molecule has 0 heterocycles. The van der Waals surface area contributed by atoms with Crippen LogP contribution in [0, 0.1) is 0 Å². The van der Waals surface area contributed by atoms with E-state index in [9.17, 15) is 9.59 Å². The molecule has 0 unspecified atom stereocenters. The molecule has 0 rings (SSSR count). The fourth-order valence-electron chi connectivity index (χ4n) is 0.485. The zero-order valence-corrected chi connectivity index (χ0v) is 6.70. The molecule has 0 aliphatic rings. The number of carbonyl (C=O) groups is 2. The zero-order chi connectivity index (χ0) is 8.91. The number of carboxylic acids is 1. The Morgan fingerprint density at radius 1 is 1.45 bits per heavy atom. The second kappa shape index (κ2) is 4.38. The van der Waals surface area contributed by atoms with Gasteiger partial charge in [0.1, 0.15) is 6.16 Å². The Hall–Kier alpha value is -0.510. The maximum atomic E-state index is 9.96. The standard InChI is InChI=1S/C5H9O5P/c6-2-4-11(9,10)3-1-5(7)8/h2,9-10H,1,3-4H2/p+1. The first-order valence-corrected chi connectivity index (χ1v) is 5.02. The number of carbonyl (C=O) groups excluding carboxylic acids is 1. The summed E-state index contributed by atoms with van der Waals surface area (Å²) in [5.41, 5.74) is 0. The average molecular weight is 181 g/mol. The minimum Gasteiger partial charge on any atom is -0.481 e. The van der Waals surface area contributed by atoms with Gasteiger partial charge in [-0.3, -0.25) is 9.59 Å². The molecule has 11 heavy (non-hydrogen) atoms. The molecule has 0 atom stereocenters. The maximum Gasteiger partial charge on any atom is 0.307 e. The third-order valence-electron chi connectivity index (χ3n) is 1.05. The maximum absolute atomic E-state index is 9.96. The summed E-state index contributed by atoms with van der Waals surface area (Å²) in [4.78, 5) is 37.7. The van der Waals surface area contributed by atoms with E-state index < -0.39 is 13.7 Å². The summed E-state index contributed by atoms with van der Waals surface area (Å²) in [6.45, 7) is 0. The lowest BCUT2D eigenvalue weighted by Crippen LogP contribution is -2.07. The van der Waals surface area contributed by atoms with E-state index in [0.717, 1.165) is 0 Å². The van der Waals surface area contributed by atoms with Gasteiger partial charge in [-0.05, 0) is 0 Å². The van der Waals surface area contributed by atoms with E-state index in [1.807, 2.05) is 0 Å². The molecular weight excluding hydrogens is 171 g/mol. The van der Waals surface area contributed by atoms with Crippen LogP contribution in [-0.2, 0) is 9.59 Å². The first kappa shape index (κ1) is 10.5. The van der Waals surface area contributed by atoms with E-state index >= 15 is 0 Å². The molecule has 0 bridgehead atoms. The number of aliphatic carboxylic acids is 1. The van der Waals surface area contributed by atoms with Crippen LogP contribution in [0.4, 0.5) is 0 Å². The van der Waals surface area contributed by atoms with Gasteiger partial charge in [-0.1, -0.05) is 0 Å². The molecule has 5 nitrogen and oxygen atoms in total. The number of rotatable bonds is 5. The molecule has 3 N–H and O–H groups in total. The van der Waals surface area contributed by atoms with Crippen molar-refractivity contribution in [1.82, 2.24) is 0 Å². The van der Waals surface area contributed by atoms with Crippen LogP contribution in [0.15, 0.2) is 0 Å². The highest BCUT2D eigenvalue weighted by atomic mass is 31.2. The molecule has 0 fully saturated rings. The lowest BCUT2D eigenvalue weighted by atomic mass is 10.5. The largest absolute Gasteiger partial charge is 0.481 e. The Morgan fingerprint density at radius 2 is 2.00 bits per heavy atom. The molecule has 0 saturated heterocycles. The van der Waals surface area contributed by atoms with E-state index in [4.69, 9.17) is 14.9 Å². The van der Waals surface area contributed by atoms with Crippen LogP contribution in [0.5, 0.6) is 0 Å². The minimum atomic E-state index is -3.25. The molecule has 0 aromatic carbocycles. The van der Waals surface area contributed by atoms with Crippen LogP contribution < -0.4 is 0 Å². The van der Waals surface area contributed by atoms with Crippen LogP contribution in [0.3, 0.4) is 0 Å². The topological polar surface area (TPSA) is 94.8 Å². The molecule has 0 aliphatic heterocycles. The van der Waals surface area contributed by atoms with Crippen molar-refractivity contribution in [2.24, 2.45) is 0 Å². The molecule has 0 radical (unpaired) electrons. The van der Waals surface area contributed by atoms with Crippen LogP contribution >= 0.6 is 7.72 Å².